The number of rotatable bonds is 4. The molecular weight excluding hydrogens is 352 g/mol. The van der Waals surface area contributed by atoms with Crippen LogP contribution in [-0.4, -0.2) is 47.0 Å². The van der Waals surface area contributed by atoms with Crippen molar-refractivity contribution in [2.24, 2.45) is 0 Å². The van der Waals surface area contributed by atoms with Crippen molar-refractivity contribution in [1.82, 2.24) is 15.0 Å². The molecule has 7 nitrogen and oxygen atoms in total. The lowest BCUT2D eigenvalue weighted by Gasteiger charge is -2.35. The Morgan fingerprint density at radius 2 is 1.57 bits per heavy atom. The number of anilines is 3. The van der Waals surface area contributed by atoms with Gasteiger partial charge in [-0.05, 0) is 30.7 Å². The molecule has 142 valence electrons. The Morgan fingerprint density at radius 1 is 0.893 bits per heavy atom. The van der Waals surface area contributed by atoms with E-state index in [1.165, 1.54) is 0 Å². The highest BCUT2D eigenvalue weighted by Crippen LogP contribution is 2.17. The molecule has 0 radical (unpaired) electrons. The molecule has 2 aromatic heterocycles. The monoisotopic (exact) mass is 374 g/mol. The van der Waals surface area contributed by atoms with E-state index in [0.29, 0.717) is 11.5 Å². The van der Waals surface area contributed by atoms with E-state index in [2.05, 4.69) is 30.1 Å². The second-order valence-electron chi connectivity index (χ2n) is 6.70. The Hall–Kier alpha value is -3.48. The second kappa shape index (κ2) is 8.04. The zero-order valence-corrected chi connectivity index (χ0v) is 15.7. The van der Waals surface area contributed by atoms with Crippen molar-refractivity contribution >= 4 is 23.4 Å². The number of amides is 1. The molecule has 1 amide bonds. The van der Waals surface area contributed by atoms with E-state index in [1.807, 2.05) is 55.6 Å². The van der Waals surface area contributed by atoms with Crippen LogP contribution in [0.4, 0.5) is 17.5 Å². The summed E-state index contributed by atoms with van der Waals surface area (Å²) < 4.78 is 0. The third-order valence-corrected chi connectivity index (χ3v) is 4.83. The third-order valence-electron chi connectivity index (χ3n) is 4.83. The van der Waals surface area contributed by atoms with Gasteiger partial charge < -0.3 is 15.1 Å². The average molecular weight is 374 g/mol. The number of aryl methyl sites for hydroxylation is 1. The molecule has 3 aromatic rings. The predicted molar refractivity (Wildman–Crippen MR) is 110 cm³/mol. The number of benzene rings is 1. The standard InChI is InChI=1S/C21H22N6O/c1-16-6-2-3-7-18(16)25-20(28)17-14-23-21(24-15-17)27-12-10-26(11-13-27)19-8-4-5-9-22-19/h2-9,14-15H,10-13H2,1H3,(H,25,28). The Balaban J connectivity index is 1.37. The van der Waals surface area contributed by atoms with Crippen molar-refractivity contribution in [1.29, 1.82) is 0 Å². The second-order valence-corrected chi connectivity index (χ2v) is 6.70. The first-order valence-electron chi connectivity index (χ1n) is 9.31. The lowest BCUT2D eigenvalue weighted by Crippen LogP contribution is -2.47. The maximum Gasteiger partial charge on any atom is 0.258 e. The van der Waals surface area contributed by atoms with Crippen LogP contribution in [-0.2, 0) is 0 Å². The highest BCUT2D eigenvalue weighted by Gasteiger charge is 2.20. The number of hydrogen-bond donors (Lipinski definition) is 1. The van der Waals surface area contributed by atoms with Gasteiger partial charge in [-0.25, -0.2) is 15.0 Å². The summed E-state index contributed by atoms with van der Waals surface area (Å²) in [6, 6.07) is 13.6. The molecule has 0 saturated carbocycles. The smallest absolute Gasteiger partial charge is 0.258 e. The first kappa shape index (κ1) is 17.9. The van der Waals surface area contributed by atoms with Gasteiger partial charge in [0, 0.05) is 50.5 Å². The van der Waals surface area contributed by atoms with Crippen LogP contribution >= 0.6 is 0 Å². The van der Waals surface area contributed by atoms with Crippen molar-refractivity contribution in [3.63, 3.8) is 0 Å². The minimum atomic E-state index is -0.208. The molecule has 1 aliphatic rings. The quantitative estimate of drug-likeness (QED) is 0.757. The van der Waals surface area contributed by atoms with Gasteiger partial charge >= 0.3 is 0 Å². The highest BCUT2D eigenvalue weighted by atomic mass is 16.1. The maximum absolute atomic E-state index is 12.4. The Labute approximate surface area is 164 Å². The van der Waals surface area contributed by atoms with Gasteiger partial charge in [0.2, 0.25) is 5.95 Å². The fourth-order valence-corrected chi connectivity index (χ4v) is 3.19. The molecular formula is C21H22N6O. The summed E-state index contributed by atoms with van der Waals surface area (Å²) in [5, 5.41) is 2.90. The van der Waals surface area contributed by atoms with E-state index in [9.17, 15) is 4.79 Å². The molecule has 1 aliphatic heterocycles. The lowest BCUT2D eigenvalue weighted by atomic mass is 10.2. The molecule has 1 N–H and O–H groups in total. The van der Waals surface area contributed by atoms with Gasteiger partial charge in [0.05, 0.1) is 5.56 Å². The topological polar surface area (TPSA) is 74.2 Å². The normalized spacial score (nSPS) is 14.0. The molecule has 1 fully saturated rings. The number of nitrogens with zero attached hydrogens (tertiary/aromatic N) is 5. The predicted octanol–water partition coefficient (Wildman–Crippen LogP) is 2.76. The number of carbonyl (C=O) groups is 1. The molecule has 0 bridgehead atoms. The van der Waals surface area contributed by atoms with E-state index in [0.717, 1.165) is 43.2 Å². The van der Waals surface area contributed by atoms with Gasteiger partial charge in [-0.15, -0.1) is 0 Å². The fraction of sp³-hybridized carbons (Fsp3) is 0.238. The van der Waals surface area contributed by atoms with E-state index < -0.39 is 0 Å². The molecule has 4 rings (SSSR count). The van der Waals surface area contributed by atoms with Gasteiger partial charge in [0.1, 0.15) is 5.82 Å². The SMILES string of the molecule is Cc1ccccc1NC(=O)c1cnc(N2CCN(c3ccccn3)CC2)nc1. The zero-order chi connectivity index (χ0) is 19.3. The van der Waals surface area contributed by atoms with Crippen molar-refractivity contribution in [3.8, 4) is 0 Å². The minimum Gasteiger partial charge on any atom is -0.353 e. The molecule has 1 saturated heterocycles. The molecule has 0 atom stereocenters. The highest BCUT2D eigenvalue weighted by molar-refractivity contribution is 6.04. The number of aromatic nitrogens is 3. The molecule has 0 spiro atoms. The van der Waals surface area contributed by atoms with E-state index in [-0.39, 0.29) is 5.91 Å². The summed E-state index contributed by atoms with van der Waals surface area (Å²) in [5.41, 5.74) is 2.25. The lowest BCUT2D eigenvalue weighted by molar-refractivity contribution is 0.102. The van der Waals surface area contributed by atoms with Gasteiger partial charge in [0.15, 0.2) is 0 Å². The summed E-state index contributed by atoms with van der Waals surface area (Å²) in [7, 11) is 0. The first-order valence-corrected chi connectivity index (χ1v) is 9.31. The molecule has 28 heavy (non-hydrogen) atoms. The molecule has 0 unspecified atom stereocenters. The summed E-state index contributed by atoms with van der Waals surface area (Å²) in [5.74, 6) is 1.43. The average Bonchev–Trinajstić information content (AvgIpc) is 2.76. The summed E-state index contributed by atoms with van der Waals surface area (Å²) >= 11 is 0. The molecule has 0 aliphatic carbocycles. The van der Waals surface area contributed by atoms with E-state index in [1.54, 1.807) is 12.4 Å². The van der Waals surface area contributed by atoms with Crippen LogP contribution in [0.15, 0.2) is 61.1 Å². The van der Waals surface area contributed by atoms with Crippen molar-refractivity contribution in [2.45, 2.75) is 6.92 Å². The molecule has 7 heteroatoms. The Morgan fingerprint density at radius 3 is 2.25 bits per heavy atom. The van der Waals surface area contributed by atoms with Crippen molar-refractivity contribution in [3.05, 3.63) is 72.2 Å². The van der Waals surface area contributed by atoms with Crippen molar-refractivity contribution in [2.75, 3.05) is 41.3 Å². The van der Waals surface area contributed by atoms with E-state index in [4.69, 9.17) is 0 Å². The minimum absolute atomic E-state index is 0.208. The molecule has 1 aromatic carbocycles. The van der Waals surface area contributed by atoms with Crippen LogP contribution in [0, 0.1) is 6.92 Å². The van der Waals surface area contributed by atoms with Crippen LogP contribution in [0.25, 0.3) is 0 Å². The first-order chi connectivity index (χ1) is 13.7. The van der Waals surface area contributed by atoms with Crippen LogP contribution in [0.2, 0.25) is 0 Å². The number of piperazine rings is 1. The van der Waals surface area contributed by atoms with Gasteiger partial charge in [0.25, 0.3) is 5.91 Å². The number of pyridine rings is 1. The van der Waals surface area contributed by atoms with Crippen LogP contribution in [0.1, 0.15) is 15.9 Å². The number of para-hydroxylation sites is 1. The van der Waals surface area contributed by atoms with Gasteiger partial charge in [-0.2, -0.15) is 0 Å². The summed E-state index contributed by atoms with van der Waals surface area (Å²) in [6.45, 7) is 5.29. The third kappa shape index (κ3) is 3.93. The van der Waals surface area contributed by atoms with Crippen molar-refractivity contribution < 1.29 is 4.79 Å². The summed E-state index contributed by atoms with van der Waals surface area (Å²) in [6.07, 6.45) is 4.98. The molecule has 3 heterocycles. The number of nitrogens with one attached hydrogen (secondary N) is 1. The Bertz CT molecular complexity index is 937. The number of carbonyl (C=O) groups excluding carboxylic acids is 1. The largest absolute Gasteiger partial charge is 0.353 e. The van der Waals surface area contributed by atoms with Gasteiger partial charge in [-0.1, -0.05) is 24.3 Å². The maximum atomic E-state index is 12.4. The fourth-order valence-electron chi connectivity index (χ4n) is 3.19. The van der Waals surface area contributed by atoms with Crippen LogP contribution < -0.4 is 15.1 Å². The van der Waals surface area contributed by atoms with E-state index >= 15 is 0 Å². The van der Waals surface area contributed by atoms with Crippen LogP contribution in [0.3, 0.4) is 0 Å². The Kier molecular flexibility index (Phi) is 5.14. The van der Waals surface area contributed by atoms with Gasteiger partial charge in [-0.3, -0.25) is 4.79 Å². The number of hydrogen-bond acceptors (Lipinski definition) is 6. The zero-order valence-electron chi connectivity index (χ0n) is 15.7. The summed E-state index contributed by atoms with van der Waals surface area (Å²) in [4.78, 5) is 30.0. The van der Waals surface area contributed by atoms with Crippen LogP contribution in [0.5, 0.6) is 0 Å².